The Morgan fingerprint density at radius 1 is 0.407 bits per heavy atom. The molecule has 6 heteroatoms. The highest BCUT2D eigenvalue weighted by Crippen LogP contribution is 2.45. The molecular formula is C48H28N4OS. The summed E-state index contributed by atoms with van der Waals surface area (Å²) in [5.74, 6) is 1.88. The summed E-state index contributed by atoms with van der Waals surface area (Å²) in [6.45, 7) is 0. The normalized spacial score (nSPS) is 11.7. The summed E-state index contributed by atoms with van der Waals surface area (Å²) in [4.78, 5) is 20.3. The summed E-state index contributed by atoms with van der Waals surface area (Å²) >= 11 is 1.81. The molecule has 0 aliphatic carbocycles. The van der Waals surface area contributed by atoms with Crippen molar-refractivity contribution in [2.45, 2.75) is 0 Å². The molecule has 0 spiro atoms. The maximum atomic E-state index is 6.45. The number of aromatic nitrogens is 4. The average molecular weight is 709 g/mol. The van der Waals surface area contributed by atoms with E-state index < -0.39 is 0 Å². The predicted molar refractivity (Wildman–Crippen MR) is 222 cm³/mol. The molecule has 11 rings (SSSR count). The molecule has 0 radical (unpaired) electrons. The lowest BCUT2D eigenvalue weighted by Crippen LogP contribution is -2.00. The Balaban J connectivity index is 1.10. The van der Waals surface area contributed by atoms with Crippen LogP contribution in [0.4, 0.5) is 0 Å². The molecule has 0 atom stereocenters. The monoisotopic (exact) mass is 708 g/mol. The second-order valence-corrected chi connectivity index (χ2v) is 14.4. The van der Waals surface area contributed by atoms with Crippen LogP contribution in [0.1, 0.15) is 0 Å². The number of hydrogen-bond donors (Lipinski definition) is 0. The molecular weight excluding hydrogens is 681 g/mol. The molecule has 5 nitrogen and oxygen atoms in total. The number of hydrogen-bond acceptors (Lipinski definition) is 6. The highest BCUT2D eigenvalue weighted by Gasteiger charge is 2.20. The van der Waals surface area contributed by atoms with Gasteiger partial charge in [-0.3, -0.25) is 0 Å². The van der Waals surface area contributed by atoms with Gasteiger partial charge < -0.3 is 4.42 Å². The number of thiophene rings is 1. The number of para-hydroxylation sites is 2. The first kappa shape index (κ1) is 30.6. The second-order valence-electron chi connectivity index (χ2n) is 13.4. The molecule has 0 bridgehead atoms. The molecule has 7 aromatic carbocycles. The van der Waals surface area contributed by atoms with Crippen LogP contribution in [0.2, 0.25) is 0 Å². The Morgan fingerprint density at radius 2 is 1.02 bits per heavy atom. The molecule has 11 aromatic rings. The zero-order valence-electron chi connectivity index (χ0n) is 28.8. The summed E-state index contributed by atoms with van der Waals surface area (Å²) in [5, 5.41) is 5.70. The minimum Gasteiger partial charge on any atom is -0.455 e. The van der Waals surface area contributed by atoms with Gasteiger partial charge >= 0.3 is 0 Å². The lowest BCUT2D eigenvalue weighted by molar-refractivity contribution is 0.670. The molecule has 0 unspecified atom stereocenters. The van der Waals surface area contributed by atoms with E-state index in [0.29, 0.717) is 17.5 Å². The molecule has 0 amide bonds. The van der Waals surface area contributed by atoms with Gasteiger partial charge in [0.05, 0.1) is 11.2 Å². The van der Waals surface area contributed by atoms with Crippen molar-refractivity contribution in [1.29, 1.82) is 0 Å². The Morgan fingerprint density at radius 3 is 1.80 bits per heavy atom. The predicted octanol–water partition coefficient (Wildman–Crippen LogP) is 13.0. The Labute approximate surface area is 313 Å². The zero-order valence-corrected chi connectivity index (χ0v) is 29.6. The quantitative estimate of drug-likeness (QED) is 0.178. The van der Waals surface area contributed by atoms with Crippen LogP contribution in [0.15, 0.2) is 174 Å². The van der Waals surface area contributed by atoms with Gasteiger partial charge in [-0.1, -0.05) is 140 Å². The van der Waals surface area contributed by atoms with Crippen LogP contribution in [-0.2, 0) is 0 Å². The third-order valence-corrected chi connectivity index (χ3v) is 11.3. The number of fused-ring (bicyclic) bond motifs is 8. The van der Waals surface area contributed by atoms with Gasteiger partial charge in [0.15, 0.2) is 17.5 Å². The van der Waals surface area contributed by atoms with Crippen molar-refractivity contribution in [3.63, 3.8) is 0 Å². The molecule has 0 saturated carbocycles. The van der Waals surface area contributed by atoms with Crippen LogP contribution in [0, 0.1) is 0 Å². The first-order valence-electron chi connectivity index (χ1n) is 17.9. The Kier molecular flexibility index (Phi) is 6.97. The van der Waals surface area contributed by atoms with Crippen LogP contribution in [0.25, 0.3) is 110 Å². The first-order valence-corrected chi connectivity index (χ1v) is 18.7. The van der Waals surface area contributed by atoms with Gasteiger partial charge in [0, 0.05) is 64.1 Å². The highest BCUT2D eigenvalue weighted by atomic mass is 32.1. The van der Waals surface area contributed by atoms with Crippen molar-refractivity contribution in [3.05, 3.63) is 170 Å². The summed E-state index contributed by atoms with van der Waals surface area (Å²) < 4.78 is 8.88. The van der Waals surface area contributed by atoms with E-state index >= 15 is 0 Å². The molecule has 0 saturated heterocycles. The van der Waals surface area contributed by atoms with Crippen molar-refractivity contribution in [3.8, 4) is 56.5 Å². The lowest BCUT2D eigenvalue weighted by atomic mass is 9.98. The standard InChI is InChI=1S/C48H28N4OS/c1-3-13-29(14-4-1)46-50-47(30-15-5-2-6-16-30)52-48(51-46)33-18-11-17-32(27-33)43-42-37-20-8-10-24-41(37)54-45(42)38-28-31(25-26-39(38)49-43)34-21-12-22-36-35-19-7-9-23-40(35)53-44(34)36/h1-28H. The second kappa shape index (κ2) is 12.3. The fourth-order valence-corrected chi connectivity index (χ4v) is 8.78. The number of nitrogens with zero attached hydrogens (tertiary/aromatic N) is 4. The van der Waals surface area contributed by atoms with Gasteiger partial charge in [-0.15, -0.1) is 11.3 Å². The molecule has 0 fully saturated rings. The maximum Gasteiger partial charge on any atom is 0.164 e. The van der Waals surface area contributed by atoms with Gasteiger partial charge in [0.25, 0.3) is 0 Å². The summed E-state index contributed by atoms with van der Waals surface area (Å²) in [6.07, 6.45) is 0. The number of benzene rings is 7. The van der Waals surface area contributed by atoms with Gasteiger partial charge in [-0.2, -0.15) is 0 Å². The molecule has 252 valence electrons. The van der Waals surface area contributed by atoms with Crippen LogP contribution in [0.3, 0.4) is 0 Å². The molecule has 54 heavy (non-hydrogen) atoms. The smallest absolute Gasteiger partial charge is 0.164 e. The van der Waals surface area contributed by atoms with Crippen LogP contribution < -0.4 is 0 Å². The molecule has 0 aliphatic rings. The van der Waals surface area contributed by atoms with Gasteiger partial charge in [0.1, 0.15) is 11.2 Å². The van der Waals surface area contributed by atoms with Crippen LogP contribution in [0.5, 0.6) is 0 Å². The molecule has 4 heterocycles. The van der Waals surface area contributed by atoms with E-state index in [9.17, 15) is 0 Å². The van der Waals surface area contributed by atoms with E-state index in [-0.39, 0.29) is 0 Å². The van der Waals surface area contributed by atoms with E-state index in [4.69, 9.17) is 24.4 Å². The number of rotatable bonds is 5. The molecule has 0 N–H and O–H groups in total. The SMILES string of the molecule is c1ccc(-c2nc(-c3ccccc3)nc(-c3cccc(-c4nc5ccc(-c6cccc7c6oc6ccccc67)cc5c5sc6ccccc6c45)c3)n2)cc1. The van der Waals surface area contributed by atoms with Crippen LogP contribution in [-0.4, -0.2) is 19.9 Å². The van der Waals surface area contributed by atoms with E-state index in [1.54, 1.807) is 0 Å². The van der Waals surface area contributed by atoms with Crippen molar-refractivity contribution in [2.24, 2.45) is 0 Å². The zero-order chi connectivity index (χ0) is 35.6. The van der Waals surface area contributed by atoms with Crippen molar-refractivity contribution >= 4 is 64.4 Å². The average Bonchev–Trinajstić information content (AvgIpc) is 3.83. The third-order valence-electron chi connectivity index (χ3n) is 10.1. The maximum absolute atomic E-state index is 6.45. The molecule has 0 aliphatic heterocycles. The van der Waals surface area contributed by atoms with Crippen molar-refractivity contribution < 1.29 is 4.42 Å². The van der Waals surface area contributed by atoms with E-state index in [1.807, 2.05) is 84.1 Å². The number of pyridine rings is 1. The fourth-order valence-electron chi connectivity index (χ4n) is 7.56. The van der Waals surface area contributed by atoms with E-state index in [2.05, 4.69) is 97.1 Å². The summed E-state index contributed by atoms with van der Waals surface area (Å²) in [5.41, 5.74) is 9.61. The largest absolute Gasteiger partial charge is 0.455 e. The summed E-state index contributed by atoms with van der Waals surface area (Å²) in [6, 6.07) is 58.4. The van der Waals surface area contributed by atoms with Crippen molar-refractivity contribution in [1.82, 2.24) is 19.9 Å². The highest BCUT2D eigenvalue weighted by molar-refractivity contribution is 7.26. The van der Waals surface area contributed by atoms with Gasteiger partial charge in [-0.05, 0) is 35.9 Å². The van der Waals surface area contributed by atoms with Gasteiger partial charge in [-0.25, -0.2) is 19.9 Å². The van der Waals surface area contributed by atoms with E-state index in [1.165, 1.54) is 14.8 Å². The van der Waals surface area contributed by atoms with E-state index in [0.717, 1.165) is 77.3 Å². The first-order chi connectivity index (χ1) is 26.7. The molecule has 4 aromatic heterocycles. The van der Waals surface area contributed by atoms with Crippen molar-refractivity contribution in [2.75, 3.05) is 0 Å². The number of furan rings is 1. The minimum atomic E-state index is 0.612. The Bertz CT molecular complexity index is 3170. The Hall–Kier alpha value is -7.02. The fraction of sp³-hybridized carbons (Fsp3) is 0. The lowest BCUT2D eigenvalue weighted by Gasteiger charge is -2.12. The van der Waals surface area contributed by atoms with Gasteiger partial charge in [0.2, 0.25) is 0 Å². The third kappa shape index (κ3) is 4.99. The summed E-state index contributed by atoms with van der Waals surface area (Å²) in [7, 11) is 0. The van der Waals surface area contributed by atoms with Crippen LogP contribution >= 0.6 is 11.3 Å². The topological polar surface area (TPSA) is 64.7 Å². The minimum absolute atomic E-state index is 0.612.